The van der Waals surface area contributed by atoms with Crippen molar-refractivity contribution < 1.29 is 10.2 Å². The lowest BCUT2D eigenvalue weighted by Gasteiger charge is -2.18. The lowest BCUT2D eigenvalue weighted by Crippen LogP contribution is -2.24. The van der Waals surface area contributed by atoms with Crippen LogP contribution in [0.2, 0.25) is 0 Å². The van der Waals surface area contributed by atoms with Crippen molar-refractivity contribution in [3.05, 3.63) is 48.5 Å². The first kappa shape index (κ1) is 12.9. The molecule has 0 aliphatic carbocycles. The van der Waals surface area contributed by atoms with Gasteiger partial charge in [0.05, 0.1) is 11.0 Å². The molecule has 22 heavy (non-hydrogen) atoms. The van der Waals surface area contributed by atoms with Crippen molar-refractivity contribution in [2.75, 3.05) is 0 Å². The first-order chi connectivity index (χ1) is 10.8. The highest BCUT2D eigenvalue weighted by Crippen LogP contribution is 2.24. The molecule has 2 heterocycles. The Kier molecular flexibility index (Phi) is 2.84. The summed E-state index contributed by atoms with van der Waals surface area (Å²) in [6.07, 6.45) is -2.67. The van der Waals surface area contributed by atoms with Crippen molar-refractivity contribution in [3.63, 3.8) is 0 Å². The largest absolute Gasteiger partial charge is 0.368 e. The van der Waals surface area contributed by atoms with E-state index in [4.69, 9.17) is 0 Å². The van der Waals surface area contributed by atoms with Gasteiger partial charge in [-0.3, -0.25) is 0 Å². The van der Waals surface area contributed by atoms with Crippen LogP contribution in [-0.4, -0.2) is 40.2 Å². The van der Waals surface area contributed by atoms with Crippen LogP contribution in [0.25, 0.3) is 22.1 Å². The quantitative estimate of drug-likeness (QED) is 0.581. The van der Waals surface area contributed by atoms with Gasteiger partial charge >= 0.3 is 0 Å². The van der Waals surface area contributed by atoms with Crippen LogP contribution in [0.4, 0.5) is 0 Å². The molecule has 110 valence electrons. The number of aliphatic hydroxyl groups excluding tert-OH is 2. The van der Waals surface area contributed by atoms with E-state index in [1.807, 2.05) is 24.3 Å². The number of benzene rings is 2. The van der Waals surface area contributed by atoms with Gasteiger partial charge in [0, 0.05) is 0 Å². The van der Waals surface area contributed by atoms with Crippen molar-refractivity contribution >= 4 is 22.1 Å². The second kappa shape index (κ2) is 4.86. The van der Waals surface area contributed by atoms with Gasteiger partial charge in [-0.05, 0) is 24.3 Å². The molecule has 0 bridgehead atoms. The lowest BCUT2D eigenvalue weighted by molar-refractivity contribution is -0.0805. The number of nitrogens with zero attached hydrogens (tertiary/aromatic N) is 6. The van der Waals surface area contributed by atoms with Gasteiger partial charge in [-0.2, -0.15) is 0 Å². The van der Waals surface area contributed by atoms with E-state index in [1.165, 1.54) is 9.36 Å². The summed E-state index contributed by atoms with van der Waals surface area (Å²) in [6.45, 7) is 0. The smallest absolute Gasteiger partial charge is 0.196 e. The van der Waals surface area contributed by atoms with E-state index in [-0.39, 0.29) is 0 Å². The molecule has 4 aromatic rings. The molecule has 4 rings (SSSR count). The fraction of sp³-hybridized carbons (Fsp3) is 0.143. The summed E-state index contributed by atoms with van der Waals surface area (Å²) in [4.78, 5) is 0. The average molecular weight is 296 g/mol. The van der Waals surface area contributed by atoms with Crippen LogP contribution < -0.4 is 0 Å². The SMILES string of the molecule is O[C@H]([C@@H](O)n1nnc2ccccc21)n1nnc2ccccc21. The maximum absolute atomic E-state index is 10.4. The van der Waals surface area contributed by atoms with Gasteiger partial charge in [-0.25, -0.2) is 9.36 Å². The molecule has 8 nitrogen and oxygen atoms in total. The van der Waals surface area contributed by atoms with Gasteiger partial charge in [0.15, 0.2) is 12.5 Å². The molecule has 8 heteroatoms. The van der Waals surface area contributed by atoms with Gasteiger partial charge in [-0.1, -0.05) is 34.7 Å². The Labute approximate surface area is 124 Å². The summed E-state index contributed by atoms with van der Waals surface area (Å²) < 4.78 is 2.52. The van der Waals surface area contributed by atoms with Crippen LogP contribution in [0.15, 0.2) is 48.5 Å². The maximum atomic E-state index is 10.4. The minimum Gasteiger partial charge on any atom is -0.368 e. The Morgan fingerprint density at radius 3 is 1.55 bits per heavy atom. The van der Waals surface area contributed by atoms with Gasteiger partial charge in [0.2, 0.25) is 0 Å². The highest BCUT2D eigenvalue weighted by molar-refractivity contribution is 5.74. The molecule has 2 aromatic heterocycles. The van der Waals surface area contributed by atoms with Gasteiger partial charge in [0.25, 0.3) is 0 Å². The molecule has 0 radical (unpaired) electrons. The van der Waals surface area contributed by atoms with E-state index in [0.717, 1.165) is 0 Å². The van der Waals surface area contributed by atoms with E-state index in [2.05, 4.69) is 20.6 Å². The maximum Gasteiger partial charge on any atom is 0.196 e. The third-order valence-corrected chi connectivity index (χ3v) is 3.52. The van der Waals surface area contributed by atoms with Crippen LogP contribution in [0.1, 0.15) is 12.5 Å². The minimum atomic E-state index is -1.34. The van der Waals surface area contributed by atoms with Crippen LogP contribution in [0.3, 0.4) is 0 Å². The summed E-state index contributed by atoms with van der Waals surface area (Å²) in [6, 6.07) is 14.4. The number of fused-ring (bicyclic) bond motifs is 2. The molecule has 0 fully saturated rings. The fourth-order valence-electron chi connectivity index (χ4n) is 2.42. The molecule has 0 amide bonds. The van der Waals surface area contributed by atoms with E-state index in [9.17, 15) is 10.2 Å². The summed E-state index contributed by atoms with van der Waals surface area (Å²) in [5.74, 6) is 0. The van der Waals surface area contributed by atoms with Crippen LogP contribution >= 0.6 is 0 Å². The number of para-hydroxylation sites is 2. The third kappa shape index (κ3) is 1.85. The van der Waals surface area contributed by atoms with Gasteiger partial charge in [-0.15, -0.1) is 10.2 Å². The van der Waals surface area contributed by atoms with E-state index in [0.29, 0.717) is 22.1 Å². The summed E-state index contributed by atoms with van der Waals surface area (Å²) in [5, 5.41) is 36.6. The molecule has 0 saturated heterocycles. The van der Waals surface area contributed by atoms with Crippen molar-refractivity contribution in [1.29, 1.82) is 0 Å². The van der Waals surface area contributed by atoms with Crippen molar-refractivity contribution in [2.24, 2.45) is 0 Å². The molecule has 0 aliphatic rings. The predicted octanol–water partition coefficient (Wildman–Crippen LogP) is 0.858. The second-order valence-electron chi connectivity index (χ2n) is 4.87. The first-order valence-electron chi connectivity index (χ1n) is 6.72. The minimum absolute atomic E-state index is 0.624. The van der Waals surface area contributed by atoms with E-state index >= 15 is 0 Å². The highest BCUT2D eigenvalue weighted by Gasteiger charge is 2.25. The van der Waals surface area contributed by atoms with Crippen molar-refractivity contribution in [3.8, 4) is 0 Å². The summed E-state index contributed by atoms with van der Waals surface area (Å²) in [5.41, 5.74) is 2.52. The number of aliphatic hydroxyl groups is 2. The van der Waals surface area contributed by atoms with Gasteiger partial charge in [0.1, 0.15) is 11.0 Å². The Bertz CT molecular complexity index is 868. The monoisotopic (exact) mass is 296 g/mol. The number of hydrogen-bond donors (Lipinski definition) is 2. The average Bonchev–Trinajstić information content (AvgIpc) is 3.17. The zero-order valence-electron chi connectivity index (χ0n) is 11.4. The predicted molar refractivity (Wildman–Crippen MR) is 77.6 cm³/mol. The molecular formula is C14H12N6O2. The number of aromatic nitrogens is 6. The zero-order valence-corrected chi connectivity index (χ0v) is 11.4. The molecule has 0 aliphatic heterocycles. The normalized spacial score (nSPS) is 14.5. The number of hydrogen-bond acceptors (Lipinski definition) is 6. The van der Waals surface area contributed by atoms with E-state index < -0.39 is 12.5 Å². The Morgan fingerprint density at radius 2 is 1.09 bits per heavy atom. The van der Waals surface area contributed by atoms with Crippen molar-refractivity contribution in [1.82, 2.24) is 30.0 Å². The number of rotatable bonds is 3. The van der Waals surface area contributed by atoms with Gasteiger partial charge < -0.3 is 10.2 Å². The van der Waals surface area contributed by atoms with Crippen molar-refractivity contribution in [2.45, 2.75) is 12.5 Å². The topological polar surface area (TPSA) is 102 Å². The first-order valence-corrected chi connectivity index (χ1v) is 6.72. The van der Waals surface area contributed by atoms with Crippen LogP contribution in [0, 0.1) is 0 Å². The Balaban J connectivity index is 1.77. The summed E-state index contributed by atoms with van der Waals surface area (Å²) in [7, 11) is 0. The van der Waals surface area contributed by atoms with Crippen LogP contribution in [0.5, 0.6) is 0 Å². The molecule has 2 aromatic carbocycles. The second-order valence-corrected chi connectivity index (χ2v) is 4.87. The third-order valence-electron chi connectivity index (χ3n) is 3.52. The standard InChI is InChI=1S/C14H12N6O2/c21-13(19-11-7-3-1-5-9(11)15-17-19)14(22)20-12-8-4-2-6-10(12)16-18-20/h1-8,13-14,21-22H/t13-,14-/m1/s1. The molecule has 0 saturated carbocycles. The lowest BCUT2D eigenvalue weighted by atomic mass is 10.3. The highest BCUT2D eigenvalue weighted by atomic mass is 16.4. The molecule has 0 spiro atoms. The zero-order chi connectivity index (χ0) is 15.1. The fourth-order valence-corrected chi connectivity index (χ4v) is 2.42. The molecule has 0 unspecified atom stereocenters. The molecule has 2 atom stereocenters. The molecular weight excluding hydrogens is 284 g/mol. The Morgan fingerprint density at radius 1 is 0.682 bits per heavy atom. The van der Waals surface area contributed by atoms with Crippen LogP contribution in [-0.2, 0) is 0 Å². The summed E-state index contributed by atoms with van der Waals surface area (Å²) >= 11 is 0. The molecule has 2 N–H and O–H groups in total. The van der Waals surface area contributed by atoms with E-state index in [1.54, 1.807) is 24.3 Å². The Hall–Kier alpha value is -2.84.